The third kappa shape index (κ3) is 4.36. The van der Waals surface area contributed by atoms with E-state index < -0.39 is 0 Å². The van der Waals surface area contributed by atoms with Crippen molar-refractivity contribution in [2.24, 2.45) is 5.16 Å². The lowest BCUT2D eigenvalue weighted by molar-refractivity contribution is -0.111. The molecule has 92 valence electrons. The maximum Gasteiger partial charge on any atom is 0.193 e. The monoisotopic (exact) mass is 234 g/mol. The second-order valence-electron chi connectivity index (χ2n) is 3.86. The van der Waals surface area contributed by atoms with Crippen molar-refractivity contribution in [3.05, 3.63) is 35.5 Å². The van der Waals surface area contributed by atoms with Crippen LogP contribution in [0.5, 0.6) is 0 Å². The van der Waals surface area contributed by atoms with Gasteiger partial charge in [-0.15, -0.1) is 5.16 Å². The summed E-state index contributed by atoms with van der Waals surface area (Å²) in [6.45, 7) is 5.17. The molecule has 1 fully saturated rings. The number of hydrogen-bond acceptors (Lipinski definition) is 4. The van der Waals surface area contributed by atoms with Gasteiger partial charge in [-0.25, -0.2) is 0 Å². The zero-order valence-corrected chi connectivity index (χ0v) is 9.85. The van der Waals surface area contributed by atoms with Crippen molar-refractivity contribution in [1.29, 1.82) is 0 Å². The van der Waals surface area contributed by atoms with E-state index in [1.165, 1.54) is 32.4 Å². The molecule has 1 saturated heterocycles. The number of carbonyl (C=O) groups is 1. The molecule has 0 spiro atoms. The van der Waals surface area contributed by atoms with Crippen LogP contribution in [-0.4, -0.2) is 30.8 Å². The topological polar surface area (TPSA) is 61.7 Å². The highest BCUT2D eigenvalue weighted by Crippen LogP contribution is 2.23. The molecule has 2 N–H and O–H groups in total. The summed E-state index contributed by atoms with van der Waals surface area (Å²) < 4.78 is 0. The molecule has 2 aliphatic carbocycles. The van der Waals surface area contributed by atoms with Crippen LogP contribution in [0.2, 0.25) is 0 Å². The summed E-state index contributed by atoms with van der Waals surface area (Å²) in [7, 11) is 0. The van der Waals surface area contributed by atoms with Crippen LogP contribution in [0.4, 0.5) is 0 Å². The SMILES string of the molecule is C1CCNCC1.C=NO.O=C1C2=CC=C1C=C2. The third-order valence-electron chi connectivity index (χ3n) is 2.62. The quantitative estimate of drug-likeness (QED) is 0.382. The Morgan fingerprint density at radius 1 is 1.12 bits per heavy atom. The average molecular weight is 234 g/mol. The summed E-state index contributed by atoms with van der Waals surface area (Å²) in [6, 6.07) is 0. The van der Waals surface area contributed by atoms with Gasteiger partial charge in [0.05, 0.1) is 0 Å². The number of ketones is 1. The van der Waals surface area contributed by atoms with Crippen LogP contribution in [0.1, 0.15) is 19.3 Å². The maximum absolute atomic E-state index is 10.8. The maximum atomic E-state index is 10.8. The number of piperidine rings is 1. The van der Waals surface area contributed by atoms with Gasteiger partial charge in [-0.05, 0) is 25.9 Å². The molecule has 4 nitrogen and oxygen atoms in total. The van der Waals surface area contributed by atoms with E-state index in [4.69, 9.17) is 5.21 Å². The molecular weight excluding hydrogens is 216 g/mol. The summed E-state index contributed by atoms with van der Waals surface area (Å²) in [5.74, 6) is 0.185. The molecule has 4 heteroatoms. The minimum atomic E-state index is 0.185. The van der Waals surface area contributed by atoms with E-state index in [0.29, 0.717) is 0 Å². The van der Waals surface area contributed by atoms with Gasteiger partial charge in [-0.2, -0.15) is 0 Å². The Morgan fingerprint density at radius 3 is 1.71 bits per heavy atom. The Morgan fingerprint density at radius 2 is 1.59 bits per heavy atom. The van der Waals surface area contributed by atoms with Gasteiger partial charge in [-0.1, -0.05) is 30.7 Å². The third-order valence-corrected chi connectivity index (χ3v) is 2.62. The summed E-state index contributed by atoms with van der Waals surface area (Å²) in [6.07, 6.45) is 11.6. The van der Waals surface area contributed by atoms with E-state index in [1.54, 1.807) is 0 Å². The van der Waals surface area contributed by atoms with Crippen molar-refractivity contribution in [2.45, 2.75) is 19.3 Å². The van der Waals surface area contributed by atoms with E-state index >= 15 is 0 Å². The first-order valence-electron chi connectivity index (χ1n) is 5.75. The normalized spacial score (nSPS) is 19.4. The molecule has 3 aliphatic rings. The molecular formula is C13H18N2O2. The molecule has 0 atom stereocenters. The molecule has 1 aliphatic heterocycles. The van der Waals surface area contributed by atoms with Crippen LogP contribution < -0.4 is 5.32 Å². The highest BCUT2D eigenvalue weighted by Gasteiger charge is 2.19. The first-order valence-corrected chi connectivity index (χ1v) is 5.75. The van der Waals surface area contributed by atoms with E-state index in [9.17, 15) is 4.79 Å². The number of nitrogens with zero attached hydrogens (tertiary/aromatic N) is 1. The summed E-state index contributed by atoms with van der Waals surface area (Å²) in [5, 5.41) is 12.6. The molecule has 0 aromatic heterocycles. The van der Waals surface area contributed by atoms with E-state index in [1.807, 2.05) is 24.3 Å². The molecule has 0 aromatic rings. The summed E-state index contributed by atoms with van der Waals surface area (Å²) in [5.41, 5.74) is 1.67. The van der Waals surface area contributed by atoms with E-state index in [2.05, 4.69) is 17.2 Å². The van der Waals surface area contributed by atoms with Gasteiger partial charge in [0.15, 0.2) is 5.78 Å². The van der Waals surface area contributed by atoms with E-state index in [-0.39, 0.29) is 5.78 Å². The Kier molecular flexibility index (Phi) is 5.96. The first-order chi connectivity index (χ1) is 8.29. The number of nitrogens with one attached hydrogen (secondary N) is 1. The van der Waals surface area contributed by atoms with Crippen molar-refractivity contribution < 1.29 is 10.0 Å². The van der Waals surface area contributed by atoms with Gasteiger partial charge in [-0.3, -0.25) is 4.79 Å². The molecule has 17 heavy (non-hydrogen) atoms. The lowest BCUT2D eigenvalue weighted by atomic mass is 10.2. The van der Waals surface area contributed by atoms with Gasteiger partial charge >= 0.3 is 0 Å². The second kappa shape index (κ2) is 7.57. The molecule has 0 saturated carbocycles. The number of oxime groups is 1. The highest BCUT2D eigenvalue weighted by atomic mass is 16.4. The van der Waals surface area contributed by atoms with Gasteiger partial charge in [0.2, 0.25) is 0 Å². The summed E-state index contributed by atoms with van der Waals surface area (Å²) >= 11 is 0. The number of hydrogen-bond donors (Lipinski definition) is 2. The minimum Gasteiger partial charge on any atom is -0.411 e. The number of carbonyl (C=O) groups excluding carboxylic acids is 1. The average Bonchev–Trinajstić information content (AvgIpc) is 2.92. The van der Waals surface area contributed by atoms with Crippen molar-refractivity contribution in [1.82, 2.24) is 5.32 Å². The molecule has 0 unspecified atom stereocenters. The first kappa shape index (κ1) is 13.4. The number of rotatable bonds is 0. The molecule has 0 aromatic carbocycles. The van der Waals surface area contributed by atoms with Crippen LogP contribution in [0.25, 0.3) is 0 Å². The highest BCUT2D eigenvalue weighted by molar-refractivity contribution is 6.17. The van der Waals surface area contributed by atoms with Gasteiger partial charge in [0, 0.05) is 17.9 Å². The molecule has 0 amide bonds. The predicted molar refractivity (Wildman–Crippen MR) is 68.4 cm³/mol. The smallest absolute Gasteiger partial charge is 0.193 e. The van der Waals surface area contributed by atoms with Crippen LogP contribution in [0.3, 0.4) is 0 Å². The number of allylic oxidation sites excluding steroid dienone is 6. The Balaban J connectivity index is 0.000000144. The Hall–Kier alpha value is -1.68. The van der Waals surface area contributed by atoms with Crippen LogP contribution in [0.15, 0.2) is 40.6 Å². The van der Waals surface area contributed by atoms with Gasteiger partial charge in [0.1, 0.15) is 0 Å². The van der Waals surface area contributed by atoms with Crippen molar-refractivity contribution in [2.75, 3.05) is 13.1 Å². The van der Waals surface area contributed by atoms with Crippen molar-refractivity contribution in [3.63, 3.8) is 0 Å². The fraction of sp³-hybridized carbons (Fsp3) is 0.385. The minimum absolute atomic E-state index is 0.185. The molecule has 0 radical (unpaired) electrons. The standard InChI is InChI=1S/C7H4O.C5H11N.CH3NO/c8-7-5-1-2-6(7)4-3-5;1-2-4-6-5-3-1;1-2-3/h1-4H;6H,1-5H2;3H,1H2. The Bertz CT molecular complexity index is 328. The van der Waals surface area contributed by atoms with Crippen LogP contribution in [-0.2, 0) is 4.79 Å². The Labute approximate surface area is 101 Å². The predicted octanol–water partition coefficient (Wildman–Crippen LogP) is 1.83. The fourth-order valence-electron chi connectivity index (χ4n) is 1.74. The van der Waals surface area contributed by atoms with Gasteiger partial charge < -0.3 is 10.5 Å². The van der Waals surface area contributed by atoms with Crippen molar-refractivity contribution >= 4 is 12.5 Å². The lowest BCUT2D eigenvalue weighted by Gasteiger charge is -2.08. The molecule has 2 bridgehead atoms. The lowest BCUT2D eigenvalue weighted by Crippen LogP contribution is -2.21. The fourth-order valence-corrected chi connectivity index (χ4v) is 1.74. The number of fused-ring (bicyclic) bond motifs is 2. The van der Waals surface area contributed by atoms with E-state index in [0.717, 1.165) is 11.1 Å². The second-order valence-corrected chi connectivity index (χ2v) is 3.86. The van der Waals surface area contributed by atoms with Crippen LogP contribution >= 0.6 is 0 Å². The number of Topliss-reactive ketones (excluding diaryl/α,β-unsaturated/α-hetero) is 1. The summed E-state index contributed by atoms with van der Waals surface area (Å²) in [4.78, 5) is 10.8. The molecule has 1 heterocycles. The molecule has 3 rings (SSSR count). The van der Waals surface area contributed by atoms with Gasteiger partial charge in [0.25, 0.3) is 0 Å². The van der Waals surface area contributed by atoms with Crippen molar-refractivity contribution in [3.8, 4) is 0 Å². The zero-order valence-electron chi connectivity index (χ0n) is 9.85. The zero-order chi connectivity index (χ0) is 12.5. The van der Waals surface area contributed by atoms with Crippen LogP contribution in [0, 0.1) is 0 Å². The largest absolute Gasteiger partial charge is 0.411 e.